The van der Waals surface area contributed by atoms with E-state index in [2.05, 4.69) is 9.97 Å². The van der Waals surface area contributed by atoms with Crippen molar-refractivity contribution >= 4 is 21.6 Å². The molecule has 0 saturated carbocycles. The molecule has 100 valence electrons. The molecule has 1 aromatic heterocycles. The fourth-order valence-electron chi connectivity index (χ4n) is 1.37. The molecule has 2 aromatic rings. The maximum absolute atomic E-state index is 11.4. The van der Waals surface area contributed by atoms with E-state index in [4.69, 9.17) is 21.5 Å². The second kappa shape index (κ2) is 5.52. The van der Waals surface area contributed by atoms with E-state index >= 15 is 0 Å². The number of nitrogens with zero attached hydrogens (tertiary/aromatic N) is 2. The van der Waals surface area contributed by atoms with E-state index in [1.165, 1.54) is 18.2 Å². The van der Waals surface area contributed by atoms with Crippen molar-refractivity contribution in [3.05, 3.63) is 47.5 Å². The number of primary sulfonamides is 1. The Balaban J connectivity index is 2.26. The van der Waals surface area contributed by atoms with Crippen molar-refractivity contribution in [3.63, 3.8) is 0 Å². The lowest BCUT2D eigenvalue weighted by Gasteiger charge is -2.09. The molecule has 0 radical (unpaired) electrons. The molecule has 0 atom stereocenters. The number of halogens is 1. The molecule has 0 unspecified atom stereocenters. The van der Waals surface area contributed by atoms with Gasteiger partial charge < -0.3 is 4.74 Å². The number of sulfonamides is 1. The summed E-state index contributed by atoms with van der Waals surface area (Å²) in [6.07, 6.45) is 3.13. The Morgan fingerprint density at radius 1 is 1.26 bits per heavy atom. The molecule has 1 aromatic carbocycles. The van der Waals surface area contributed by atoms with Gasteiger partial charge in [-0.3, -0.25) is 0 Å². The van der Waals surface area contributed by atoms with Gasteiger partial charge in [0.25, 0.3) is 0 Å². The van der Waals surface area contributed by atoms with Crippen molar-refractivity contribution < 1.29 is 13.2 Å². The monoisotopic (exact) mass is 299 g/mol. The van der Waals surface area contributed by atoms with Crippen LogP contribution in [0.5, 0.6) is 5.75 Å². The van der Waals surface area contributed by atoms with Gasteiger partial charge in [-0.2, -0.15) is 0 Å². The summed E-state index contributed by atoms with van der Waals surface area (Å²) in [5.41, 5.74) is 0. The van der Waals surface area contributed by atoms with E-state index < -0.39 is 10.0 Å². The maximum Gasteiger partial charge on any atom is 0.241 e. The molecule has 0 spiro atoms. The number of aromatic nitrogens is 2. The van der Waals surface area contributed by atoms with Gasteiger partial charge in [0.1, 0.15) is 17.3 Å². The van der Waals surface area contributed by atoms with Crippen molar-refractivity contribution in [1.29, 1.82) is 0 Å². The summed E-state index contributed by atoms with van der Waals surface area (Å²) in [5, 5.41) is 5.35. The number of hydrogen-bond donors (Lipinski definition) is 1. The van der Waals surface area contributed by atoms with Crippen molar-refractivity contribution in [1.82, 2.24) is 9.97 Å². The topological polar surface area (TPSA) is 95.2 Å². The summed E-state index contributed by atoms with van der Waals surface area (Å²) in [6, 6.07) is 5.85. The van der Waals surface area contributed by atoms with Gasteiger partial charge in [0.2, 0.25) is 10.0 Å². The Labute approximate surface area is 115 Å². The average molecular weight is 300 g/mol. The standard InChI is InChI=1S/C11H10ClN3O3S/c12-8-2-3-9(10(6-8)19(13,16)17)18-7-11-14-4-1-5-15-11/h1-6H,7H2,(H2,13,16,17). The van der Waals surface area contributed by atoms with E-state index in [1.54, 1.807) is 18.5 Å². The van der Waals surface area contributed by atoms with Crippen LogP contribution < -0.4 is 9.88 Å². The molecule has 0 fully saturated rings. The Morgan fingerprint density at radius 3 is 2.58 bits per heavy atom. The second-order valence-electron chi connectivity index (χ2n) is 3.59. The van der Waals surface area contributed by atoms with Gasteiger partial charge in [0, 0.05) is 17.4 Å². The molecular weight excluding hydrogens is 290 g/mol. The zero-order valence-electron chi connectivity index (χ0n) is 9.65. The number of benzene rings is 1. The van der Waals surface area contributed by atoms with E-state index in [0.29, 0.717) is 5.82 Å². The third-order valence-corrected chi connectivity index (χ3v) is 3.36. The quantitative estimate of drug-likeness (QED) is 0.919. The summed E-state index contributed by atoms with van der Waals surface area (Å²) >= 11 is 5.74. The molecule has 2 rings (SSSR count). The van der Waals surface area contributed by atoms with Crippen LogP contribution in [0.1, 0.15) is 5.82 Å². The molecule has 1 heterocycles. The lowest BCUT2D eigenvalue weighted by molar-refractivity contribution is 0.288. The SMILES string of the molecule is NS(=O)(=O)c1cc(Cl)ccc1OCc1ncccn1. The molecule has 0 amide bonds. The van der Waals surface area contributed by atoms with Crippen molar-refractivity contribution in [2.75, 3.05) is 0 Å². The van der Waals surface area contributed by atoms with E-state index in [0.717, 1.165) is 0 Å². The first-order valence-corrected chi connectivity index (χ1v) is 7.10. The number of ether oxygens (including phenoxy) is 1. The highest BCUT2D eigenvalue weighted by atomic mass is 35.5. The molecule has 2 N–H and O–H groups in total. The Morgan fingerprint density at radius 2 is 1.95 bits per heavy atom. The van der Waals surface area contributed by atoms with Gasteiger partial charge in [-0.25, -0.2) is 23.5 Å². The largest absolute Gasteiger partial charge is 0.484 e. The van der Waals surface area contributed by atoms with Crippen molar-refractivity contribution in [2.45, 2.75) is 11.5 Å². The van der Waals surface area contributed by atoms with Crippen LogP contribution in [-0.4, -0.2) is 18.4 Å². The Hall–Kier alpha value is -1.70. The van der Waals surface area contributed by atoms with Crippen LogP contribution in [0.15, 0.2) is 41.6 Å². The fraction of sp³-hybridized carbons (Fsp3) is 0.0909. The van der Waals surface area contributed by atoms with Gasteiger partial charge in [-0.1, -0.05) is 11.6 Å². The van der Waals surface area contributed by atoms with Crippen LogP contribution in [0.25, 0.3) is 0 Å². The second-order valence-corrected chi connectivity index (χ2v) is 5.56. The van der Waals surface area contributed by atoms with E-state index in [-0.39, 0.29) is 22.3 Å². The summed E-state index contributed by atoms with van der Waals surface area (Å²) in [6.45, 7) is 0.0327. The van der Waals surface area contributed by atoms with Crippen LogP contribution in [0.3, 0.4) is 0 Å². The third kappa shape index (κ3) is 3.63. The summed E-state index contributed by atoms with van der Waals surface area (Å²) in [7, 11) is -3.91. The molecule has 6 nitrogen and oxygen atoms in total. The van der Waals surface area contributed by atoms with E-state index in [1.807, 2.05) is 0 Å². The highest BCUT2D eigenvalue weighted by molar-refractivity contribution is 7.89. The number of rotatable bonds is 4. The van der Waals surface area contributed by atoms with Gasteiger partial charge in [-0.15, -0.1) is 0 Å². The van der Waals surface area contributed by atoms with Crippen LogP contribution in [0, 0.1) is 0 Å². The van der Waals surface area contributed by atoms with Crippen LogP contribution in [0.2, 0.25) is 5.02 Å². The van der Waals surface area contributed by atoms with Crippen molar-refractivity contribution in [3.8, 4) is 5.75 Å². The van der Waals surface area contributed by atoms with Gasteiger partial charge in [-0.05, 0) is 24.3 Å². The molecule has 8 heteroatoms. The third-order valence-electron chi connectivity index (χ3n) is 2.19. The predicted molar refractivity (Wildman–Crippen MR) is 69.2 cm³/mol. The first-order chi connectivity index (χ1) is 8.97. The Kier molecular flexibility index (Phi) is 3.98. The predicted octanol–water partition coefficient (Wildman–Crippen LogP) is 1.36. The number of hydrogen-bond acceptors (Lipinski definition) is 5. The van der Waals surface area contributed by atoms with Crippen molar-refractivity contribution in [2.24, 2.45) is 5.14 Å². The molecule has 0 saturated heterocycles. The normalized spacial score (nSPS) is 11.3. The Bertz CT molecular complexity index is 677. The molecule has 0 bridgehead atoms. The van der Waals surface area contributed by atoms with Gasteiger partial charge in [0.15, 0.2) is 5.82 Å². The van der Waals surface area contributed by atoms with E-state index in [9.17, 15) is 8.42 Å². The lowest BCUT2D eigenvalue weighted by Crippen LogP contribution is -2.14. The highest BCUT2D eigenvalue weighted by Gasteiger charge is 2.16. The lowest BCUT2D eigenvalue weighted by atomic mass is 10.3. The summed E-state index contributed by atoms with van der Waals surface area (Å²) in [4.78, 5) is 7.75. The molecule has 0 aliphatic rings. The minimum atomic E-state index is -3.91. The van der Waals surface area contributed by atoms with Gasteiger partial charge >= 0.3 is 0 Å². The summed E-state index contributed by atoms with van der Waals surface area (Å²) in [5.74, 6) is 0.539. The van der Waals surface area contributed by atoms with Gasteiger partial charge in [0.05, 0.1) is 0 Å². The first-order valence-electron chi connectivity index (χ1n) is 5.18. The molecule has 19 heavy (non-hydrogen) atoms. The smallest absolute Gasteiger partial charge is 0.241 e. The fourth-order valence-corrected chi connectivity index (χ4v) is 2.31. The zero-order valence-corrected chi connectivity index (χ0v) is 11.2. The highest BCUT2D eigenvalue weighted by Crippen LogP contribution is 2.26. The molecule has 0 aliphatic heterocycles. The molecule has 0 aliphatic carbocycles. The maximum atomic E-state index is 11.4. The minimum absolute atomic E-state index is 0.0327. The van der Waals surface area contributed by atoms with Crippen LogP contribution in [-0.2, 0) is 16.6 Å². The average Bonchev–Trinajstić information content (AvgIpc) is 2.37. The first kappa shape index (κ1) is 13.7. The number of nitrogens with two attached hydrogens (primary N) is 1. The van der Waals surface area contributed by atoms with Crippen LogP contribution in [0.4, 0.5) is 0 Å². The summed E-state index contributed by atoms with van der Waals surface area (Å²) < 4.78 is 28.2. The molecular formula is C11H10ClN3O3S. The van der Waals surface area contributed by atoms with Crippen LogP contribution >= 0.6 is 11.6 Å². The minimum Gasteiger partial charge on any atom is -0.484 e. The zero-order chi connectivity index (χ0) is 13.9.